The van der Waals surface area contributed by atoms with Crippen LogP contribution in [0.1, 0.15) is 76.3 Å². The largest absolute Gasteiger partial charge is 4.00 e. The van der Waals surface area contributed by atoms with Crippen LogP contribution in [0, 0.1) is 33.6 Å². The van der Waals surface area contributed by atoms with Crippen LogP contribution < -0.4 is 0 Å². The molecule has 0 aliphatic heterocycles. The first kappa shape index (κ1) is 100. The van der Waals surface area contributed by atoms with E-state index in [9.17, 15) is 0 Å². The summed E-state index contributed by atoms with van der Waals surface area (Å²) in [6.07, 6.45) is 15.2. The topological polar surface area (TPSA) is 0 Å². The number of rotatable bonds is 7. The van der Waals surface area contributed by atoms with E-state index in [1.807, 2.05) is 70.9 Å². The Bertz CT molecular complexity index is 6230. The average Bonchev–Trinajstić information content (AvgIpc) is 1.73. The molecular weight excluding hydrogens is 1760 g/mol. The van der Waals surface area contributed by atoms with Crippen LogP contribution in [-0.2, 0) is 91.5 Å². The smallest absolute Gasteiger partial charge is 0.533 e. The fourth-order valence-electron chi connectivity index (χ4n) is 15.2. The summed E-state index contributed by atoms with van der Waals surface area (Å²) in [5, 5.41) is 26.6. The molecule has 0 bridgehead atoms. The average molecular weight is 1870 g/mol. The summed E-state index contributed by atoms with van der Waals surface area (Å²) >= 11 is 0. The van der Waals surface area contributed by atoms with Crippen molar-refractivity contribution in [3.8, 4) is 44.5 Å². The summed E-state index contributed by atoms with van der Waals surface area (Å²) in [4.78, 5) is 0. The molecule has 0 atom stereocenters. The second kappa shape index (κ2) is 53.2. The van der Waals surface area contributed by atoms with Crippen molar-refractivity contribution in [1.82, 2.24) is 0 Å². The molecule has 6 heteroatoms. The molecule has 0 saturated carbocycles. The molecule has 0 nitrogen and oxygen atoms in total. The van der Waals surface area contributed by atoms with Crippen LogP contribution in [-0.4, -0.2) is 47.6 Å². The predicted molar refractivity (Wildman–Crippen MR) is 548 cm³/mol. The van der Waals surface area contributed by atoms with Crippen LogP contribution in [0.2, 0.25) is 0 Å². The van der Waals surface area contributed by atoms with Crippen LogP contribution in [0.5, 0.6) is 0 Å². The molecule has 21 aromatic rings. The van der Waals surface area contributed by atoms with Crippen molar-refractivity contribution in [2.75, 3.05) is 0 Å². The number of fused-ring (bicyclic) bond motifs is 10. The van der Waals surface area contributed by atoms with Crippen molar-refractivity contribution in [3.63, 3.8) is 0 Å². The Morgan fingerprint density at radius 3 is 0.756 bits per heavy atom. The maximum Gasteiger partial charge on any atom is 4.00 e. The van der Waals surface area contributed by atoms with Gasteiger partial charge in [0, 0.05) is 0 Å². The Kier molecular flexibility index (Phi) is 43.2. The van der Waals surface area contributed by atoms with Gasteiger partial charge < -0.3 is 32.1 Å². The summed E-state index contributed by atoms with van der Waals surface area (Å²) in [5.41, 5.74) is 20.3. The Morgan fingerprint density at radius 1 is 0.268 bits per heavy atom. The zero-order valence-corrected chi connectivity index (χ0v) is 84.4. The van der Waals surface area contributed by atoms with Crippen molar-refractivity contribution in [3.05, 3.63) is 454 Å². The van der Waals surface area contributed by atoms with Crippen LogP contribution in [0.3, 0.4) is 0 Å². The minimum atomic E-state index is 0. The summed E-state index contributed by atoms with van der Waals surface area (Å²) in [5.74, 6) is 0. The molecule has 21 rings (SSSR count). The molecule has 0 amide bonds. The molecule has 0 fully saturated rings. The quantitative estimate of drug-likeness (QED) is 0.110. The third kappa shape index (κ3) is 26.5. The van der Waals surface area contributed by atoms with Crippen molar-refractivity contribution >= 4 is 155 Å². The number of hydrogen-bond acceptors (Lipinski definition) is 0. The third-order valence-corrected chi connectivity index (χ3v) is 21.0. The van der Waals surface area contributed by atoms with E-state index in [2.05, 4.69) is 429 Å². The molecule has 0 unspecified atom stereocenters. The number of hydrogen-bond donors (Lipinski definition) is 0. The van der Waals surface area contributed by atoms with E-state index in [0.29, 0.717) is 0 Å². The van der Waals surface area contributed by atoms with Gasteiger partial charge >= 0.3 is 78.6 Å². The van der Waals surface area contributed by atoms with Gasteiger partial charge in [-0.05, 0) is 78.2 Å². The van der Waals surface area contributed by atoms with E-state index in [1.54, 1.807) is 16.8 Å². The predicted octanol–water partition coefficient (Wildman–Crippen LogP) is 29.9. The molecule has 0 radical (unpaired) electrons. The van der Waals surface area contributed by atoms with Crippen LogP contribution in [0.4, 0.5) is 0 Å². The molecule has 0 heterocycles. The molecule has 123 heavy (non-hydrogen) atoms. The maximum atomic E-state index is 4.53. The monoisotopic (exact) mass is 1870 g/mol. The van der Waals surface area contributed by atoms with E-state index >= 15 is 0 Å². The van der Waals surface area contributed by atoms with Gasteiger partial charge in [-0.25, -0.2) is 19.7 Å². The third-order valence-electron chi connectivity index (χ3n) is 20.6. The van der Waals surface area contributed by atoms with Gasteiger partial charge in [-0.2, -0.15) is 117 Å². The molecular formula is C117H110Si3Zr3. The molecule has 0 aliphatic rings. The van der Waals surface area contributed by atoms with Gasteiger partial charge in [0.2, 0.25) is 0 Å². The van der Waals surface area contributed by atoms with E-state index in [4.69, 9.17) is 0 Å². The van der Waals surface area contributed by atoms with Gasteiger partial charge in [-0.15, -0.1) is 210 Å². The number of aryl methyl sites for hydroxylation is 4. The fraction of sp³-hybridized carbons (Fsp3) is 0.0940. The van der Waals surface area contributed by atoms with Crippen LogP contribution >= 0.6 is 0 Å². The standard InChI is InChI=1S/2C21H17.2C20H15.2C9H7.C7H7Si.2C3H7.C2H5.2CH3Si.3Zr/c2*1-2-15-13-17-9-6-12-20(21(17)14-15)19-11-5-8-16-7-3-4-10-18(16)19;2*1-14-12-16-8-5-11-19(20(16)13-14)18-10-4-7-15-6-2-3-9-17(15)18;2*1-2-5-9-7-3-6-8(9)4-1;8-6-7-4-2-1-3-5-7;2*1-3-2;3*1-2;;;/h2*3-14H,2H2,1H3;2*2-13H,1H3;2*1-7H;1-5H,8H2;2*3H,1-2H3;1H2,2H3;2*1H,2H2;;;/q12*-1;3*+4. The zero-order valence-electron chi connectivity index (χ0n) is 72.7. The van der Waals surface area contributed by atoms with E-state index in [0.717, 1.165) is 12.8 Å². The Hall–Kier alpha value is -10.1. The van der Waals surface area contributed by atoms with Crippen molar-refractivity contribution in [1.29, 1.82) is 0 Å². The van der Waals surface area contributed by atoms with Crippen molar-refractivity contribution in [2.45, 2.75) is 75.2 Å². The van der Waals surface area contributed by atoms with E-state index in [1.165, 1.54) is 200 Å². The summed E-state index contributed by atoms with van der Waals surface area (Å²) in [6, 6.07) is 145. The minimum Gasteiger partial charge on any atom is -0.533 e. The SMILES string of the molecule is CCc1cc2c(-c3cccc4ccccc34)cccc2[cH-]1.CCc1cc2c(-c3cccc4ccccc34)cccc2[cH-]1.C[CH-]C.C[CH-]C.Cc1cc2c(-c3cccc4ccccc34)cccc2[cH-]1.Cc1cc2c(-c3cccc4ccccc34)cccc2[cH-]1.[CH-]=[SiH2].[CH-]=[SiH2].[CH2-]C.[SiH2]=[C-]c1ccccc1.[Zr+4].[Zr+4].[Zr+4].c1ccc2[cH-]ccc2c1.c1ccc2[cH-]ccc2c1. The molecule has 0 saturated heterocycles. The first-order chi connectivity index (χ1) is 59.1. The number of benzene rings is 15. The van der Waals surface area contributed by atoms with E-state index in [-0.39, 0.29) is 78.6 Å². The summed E-state index contributed by atoms with van der Waals surface area (Å²) in [6.45, 7) is 21.7. The van der Waals surface area contributed by atoms with Crippen LogP contribution in [0.15, 0.2) is 406 Å². The first-order valence-corrected chi connectivity index (χ1v) is 43.8. The van der Waals surface area contributed by atoms with Gasteiger partial charge in [0.1, 0.15) is 0 Å². The second-order valence-corrected chi connectivity index (χ2v) is 29.2. The molecule has 602 valence electrons. The van der Waals surface area contributed by atoms with Gasteiger partial charge in [-0.3, -0.25) is 0 Å². The van der Waals surface area contributed by atoms with E-state index < -0.39 is 0 Å². The van der Waals surface area contributed by atoms with Gasteiger partial charge in [0.05, 0.1) is 0 Å². The summed E-state index contributed by atoms with van der Waals surface area (Å²) in [7, 11) is 4.46. The maximum absolute atomic E-state index is 4.53. The zero-order chi connectivity index (χ0) is 85.0. The second-order valence-electron chi connectivity index (χ2n) is 28.8. The molecule has 0 N–H and O–H groups in total. The minimum absolute atomic E-state index is 0. The van der Waals surface area contributed by atoms with Crippen molar-refractivity contribution < 1.29 is 78.6 Å². The van der Waals surface area contributed by atoms with Gasteiger partial charge in [0.15, 0.2) is 0 Å². The molecule has 0 aromatic heterocycles. The molecule has 21 aromatic carbocycles. The Labute approximate surface area is 799 Å². The summed E-state index contributed by atoms with van der Waals surface area (Å²) < 4.78 is 0. The molecule has 0 aliphatic carbocycles. The normalized spacial score (nSPS) is 9.97. The fourth-order valence-corrected chi connectivity index (χ4v) is 15.5. The molecule has 0 spiro atoms. The van der Waals surface area contributed by atoms with Crippen LogP contribution in [0.25, 0.3) is 152 Å². The Balaban J connectivity index is 0.000000197. The van der Waals surface area contributed by atoms with Gasteiger partial charge in [-0.1, -0.05) is 272 Å². The van der Waals surface area contributed by atoms with Crippen molar-refractivity contribution in [2.24, 2.45) is 0 Å². The van der Waals surface area contributed by atoms with Gasteiger partial charge in [0.25, 0.3) is 0 Å². The first-order valence-electron chi connectivity index (χ1n) is 41.5. The Morgan fingerprint density at radius 2 is 0.488 bits per heavy atom.